The lowest BCUT2D eigenvalue weighted by molar-refractivity contribution is 0.170. The Kier molecular flexibility index (Phi) is 5.39. The lowest BCUT2D eigenvalue weighted by Gasteiger charge is -2.31. The number of hydrogen-bond donors (Lipinski definition) is 1. The Labute approximate surface area is 118 Å². The molecule has 0 radical (unpaired) electrons. The van der Waals surface area contributed by atoms with Gasteiger partial charge >= 0.3 is 0 Å². The molecular formula is C14H21NOS2. The van der Waals surface area contributed by atoms with Crippen LogP contribution < -0.4 is 0 Å². The number of hydrogen-bond acceptors (Lipinski definition) is 4. The maximum atomic E-state index is 10.4. The molecule has 0 spiro atoms. The van der Waals surface area contributed by atoms with Crippen LogP contribution in [0.2, 0.25) is 0 Å². The highest BCUT2D eigenvalue weighted by Crippen LogP contribution is 2.33. The minimum Gasteiger partial charge on any atom is -0.392 e. The van der Waals surface area contributed by atoms with E-state index in [1.54, 1.807) is 0 Å². The molecule has 2 heterocycles. The van der Waals surface area contributed by atoms with Crippen molar-refractivity contribution in [1.82, 2.24) is 4.98 Å². The summed E-state index contributed by atoms with van der Waals surface area (Å²) in [7, 11) is 0. The van der Waals surface area contributed by atoms with Gasteiger partial charge in [0.15, 0.2) is 0 Å². The van der Waals surface area contributed by atoms with E-state index in [4.69, 9.17) is 0 Å². The molecule has 1 fully saturated rings. The molecule has 1 N–H and O–H groups in total. The van der Waals surface area contributed by atoms with Gasteiger partial charge in [-0.15, -0.1) is 0 Å². The molecule has 0 saturated carbocycles. The van der Waals surface area contributed by atoms with Crippen LogP contribution in [-0.2, 0) is 12.8 Å². The summed E-state index contributed by atoms with van der Waals surface area (Å²) in [5.41, 5.74) is 2.26. The Bertz CT molecular complexity index is 369. The molecule has 1 saturated heterocycles. The molecule has 1 aromatic heterocycles. The summed E-state index contributed by atoms with van der Waals surface area (Å²) in [5.74, 6) is 2.36. The fourth-order valence-corrected chi connectivity index (χ4v) is 5.03. The molecule has 100 valence electrons. The Morgan fingerprint density at radius 2 is 2.17 bits per heavy atom. The smallest absolute Gasteiger partial charge is 0.0724 e. The van der Waals surface area contributed by atoms with Gasteiger partial charge in [0.25, 0.3) is 0 Å². The topological polar surface area (TPSA) is 33.1 Å². The second kappa shape index (κ2) is 6.83. The molecule has 1 aliphatic heterocycles. The van der Waals surface area contributed by atoms with E-state index in [0.29, 0.717) is 16.9 Å². The fourth-order valence-electron chi connectivity index (χ4n) is 2.19. The average molecular weight is 283 g/mol. The second-order valence-corrected chi connectivity index (χ2v) is 7.47. The van der Waals surface area contributed by atoms with E-state index in [-0.39, 0.29) is 6.10 Å². The van der Waals surface area contributed by atoms with Gasteiger partial charge in [0, 0.05) is 40.3 Å². The number of aromatic nitrogens is 1. The first-order valence-corrected chi connectivity index (χ1v) is 8.65. The third-order valence-electron chi connectivity index (χ3n) is 3.33. The lowest BCUT2D eigenvalue weighted by Crippen LogP contribution is -2.36. The van der Waals surface area contributed by atoms with E-state index in [0.717, 1.165) is 17.9 Å². The van der Waals surface area contributed by atoms with E-state index >= 15 is 0 Å². The SMILES string of the molecule is CCc1ccc(CC(O)C2SCCSC2C)nc1. The molecule has 0 bridgehead atoms. The average Bonchev–Trinajstić information content (AvgIpc) is 2.40. The molecule has 0 aliphatic carbocycles. The number of aliphatic hydroxyl groups excluding tert-OH is 1. The van der Waals surface area contributed by atoms with Crippen LogP contribution in [-0.4, -0.2) is 38.2 Å². The van der Waals surface area contributed by atoms with Crippen molar-refractivity contribution in [3.8, 4) is 0 Å². The van der Waals surface area contributed by atoms with Gasteiger partial charge in [-0.05, 0) is 18.1 Å². The van der Waals surface area contributed by atoms with Crippen molar-refractivity contribution < 1.29 is 5.11 Å². The van der Waals surface area contributed by atoms with Crippen LogP contribution in [0.4, 0.5) is 0 Å². The van der Waals surface area contributed by atoms with Gasteiger partial charge in [-0.3, -0.25) is 4.98 Å². The molecule has 1 aliphatic rings. The minimum atomic E-state index is -0.280. The van der Waals surface area contributed by atoms with E-state index in [2.05, 4.69) is 24.9 Å². The zero-order valence-electron chi connectivity index (χ0n) is 11.0. The molecule has 3 unspecified atom stereocenters. The van der Waals surface area contributed by atoms with Crippen molar-refractivity contribution in [3.05, 3.63) is 29.6 Å². The summed E-state index contributed by atoms with van der Waals surface area (Å²) in [6.07, 6.45) is 3.33. The number of aryl methyl sites for hydroxylation is 1. The fraction of sp³-hybridized carbons (Fsp3) is 0.643. The highest BCUT2D eigenvalue weighted by atomic mass is 32.2. The molecule has 2 rings (SSSR count). The second-order valence-electron chi connectivity index (χ2n) is 4.69. The molecule has 2 nitrogen and oxygen atoms in total. The Balaban J connectivity index is 1.94. The standard InChI is InChI=1S/C14H21NOS2/c1-3-11-4-5-12(15-9-11)8-13(16)14-10(2)17-6-7-18-14/h4-5,9-10,13-14,16H,3,6-8H2,1-2H3. The summed E-state index contributed by atoms with van der Waals surface area (Å²) in [4.78, 5) is 4.43. The van der Waals surface area contributed by atoms with Crippen LogP contribution in [0.5, 0.6) is 0 Å². The minimum absolute atomic E-state index is 0.280. The van der Waals surface area contributed by atoms with Gasteiger partial charge in [-0.1, -0.05) is 19.9 Å². The highest BCUT2D eigenvalue weighted by Gasteiger charge is 2.29. The largest absolute Gasteiger partial charge is 0.392 e. The van der Waals surface area contributed by atoms with Crippen molar-refractivity contribution in [2.45, 2.75) is 43.3 Å². The van der Waals surface area contributed by atoms with Gasteiger partial charge in [0.05, 0.1) is 6.10 Å². The highest BCUT2D eigenvalue weighted by molar-refractivity contribution is 8.07. The van der Waals surface area contributed by atoms with Gasteiger partial charge in [-0.2, -0.15) is 23.5 Å². The first-order valence-electron chi connectivity index (χ1n) is 6.55. The Morgan fingerprint density at radius 3 is 2.78 bits per heavy atom. The van der Waals surface area contributed by atoms with E-state index < -0.39 is 0 Å². The summed E-state index contributed by atoms with van der Waals surface area (Å²) < 4.78 is 0. The molecule has 4 heteroatoms. The van der Waals surface area contributed by atoms with Crippen LogP contribution in [0.1, 0.15) is 25.1 Å². The van der Waals surface area contributed by atoms with Crippen LogP contribution in [0.3, 0.4) is 0 Å². The van der Waals surface area contributed by atoms with Crippen molar-refractivity contribution >= 4 is 23.5 Å². The van der Waals surface area contributed by atoms with Crippen molar-refractivity contribution in [2.24, 2.45) is 0 Å². The van der Waals surface area contributed by atoms with Crippen LogP contribution in [0, 0.1) is 0 Å². The monoisotopic (exact) mass is 283 g/mol. The van der Waals surface area contributed by atoms with Crippen molar-refractivity contribution in [2.75, 3.05) is 11.5 Å². The van der Waals surface area contributed by atoms with Crippen molar-refractivity contribution in [3.63, 3.8) is 0 Å². The van der Waals surface area contributed by atoms with Crippen LogP contribution >= 0.6 is 23.5 Å². The number of rotatable bonds is 4. The Hall–Kier alpha value is -0.190. The molecule has 1 aromatic rings. The number of thioether (sulfide) groups is 2. The maximum absolute atomic E-state index is 10.4. The van der Waals surface area contributed by atoms with Crippen LogP contribution in [0.25, 0.3) is 0 Å². The van der Waals surface area contributed by atoms with E-state index in [1.165, 1.54) is 11.3 Å². The van der Waals surface area contributed by atoms with E-state index in [1.807, 2.05) is 35.8 Å². The number of nitrogens with zero attached hydrogens (tertiary/aromatic N) is 1. The first-order chi connectivity index (χ1) is 8.70. The summed E-state index contributed by atoms with van der Waals surface area (Å²) in [6, 6.07) is 4.16. The van der Waals surface area contributed by atoms with Gasteiger partial charge in [-0.25, -0.2) is 0 Å². The van der Waals surface area contributed by atoms with Gasteiger partial charge < -0.3 is 5.11 Å². The molecule has 3 atom stereocenters. The lowest BCUT2D eigenvalue weighted by atomic mass is 10.1. The summed E-state index contributed by atoms with van der Waals surface area (Å²) >= 11 is 3.88. The van der Waals surface area contributed by atoms with E-state index in [9.17, 15) is 5.11 Å². The molecule has 0 aromatic carbocycles. The first kappa shape index (κ1) is 14.2. The van der Waals surface area contributed by atoms with Crippen molar-refractivity contribution in [1.29, 1.82) is 0 Å². The summed E-state index contributed by atoms with van der Waals surface area (Å²) in [6.45, 7) is 4.35. The molecule has 0 amide bonds. The third kappa shape index (κ3) is 3.65. The zero-order valence-corrected chi connectivity index (χ0v) is 12.6. The maximum Gasteiger partial charge on any atom is 0.0724 e. The number of aliphatic hydroxyl groups is 1. The Morgan fingerprint density at radius 1 is 1.39 bits per heavy atom. The number of pyridine rings is 1. The quantitative estimate of drug-likeness (QED) is 0.921. The summed E-state index contributed by atoms with van der Waals surface area (Å²) in [5, 5.41) is 11.2. The van der Waals surface area contributed by atoms with Gasteiger partial charge in [0.1, 0.15) is 0 Å². The molecular weight excluding hydrogens is 262 g/mol. The normalized spacial score (nSPS) is 25.9. The third-order valence-corrected chi connectivity index (χ3v) is 6.57. The molecule has 18 heavy (non-hydrogen) atoms. The van der Waals surface area contributed by atoms with Gasteiger partial charge in [0.2, 0.25) is 0 Å². The predicted octanol–water partition coefficient (Wildman–Crippen LogP) is 2.78. The zero-order chi connectivity index (χ0) is 13.0. The van der Waals surface area contributed by atoms with Crippen LogP contribution in [0.15, 0.2) is 18.3 Å². The predicted molar refractivity (Wildman–Crippen MR) is 81.5 cm³/mol.